The minimum atomic E-state index is -0.466. The summed E-state index contributed by atoms with van der Waals surface area (Å²) in [6.07, 6.45) is 5.34. The number of carbonyl (C=O) groups excluding carboxylic acids is 1. The summed E-state index contributed by atoms with van der Waals surface area (Å²) < 4.78 is 5.78. The van der Waals surface area contributed by atoms with E-state index in [9.17, 15) is 4.79 Å². The van der Waals surface area contributed by atoms with E-state index in [-0.39, 0.29) is 5.91 Å². The van der Waals surface area contributed by atoms with E-state index in [1.807, 2.05) is 48.2 Å². The summed E-state index contributed by atoms with van der Waals surface area (Å²) in [5.74, 6) is 1.25. The number of ether oxygens (including phenoxy) is 1. The molecule has 1 amide bonds. The Morgan fingerprint density at radius 1 is 1.19 bits per heavy atom. The molecule has 0 radical (unpaired) electrons. The highest BCUT2D eigenvalue weighted by Crippen LogP contribution is 2.32. The minimum absolute atomic E-state index is 0.0629. The van der Waals surface area contributed by atoms with Gasteiger partial charge in [-0.2, -0.15) is 0 Å². The summed E-state index contributed by atoms with van der Waals surface area (Å²) in [5.41, 5.74) is 2.25. The van der Waals surface area contributed by atoms with E-state index in [0.29, 0.717) is 5.92 Å². The van der Waals surface area contributed by atoms with E-state index in [1.165, 1.54) is 10.9 Å². The van der Waals surface area contributed by atoms with Crippen LogP contribution in [0, 0.1) is 0 Å². The zero-order chi connectivity index (χ0) is 17.9. The number of nitrogens with one attached hydrogen (secondary N) is 1. The van der Waals surface area contributed by atoms with E-state index in [2.05, 4.69) is 22.2 Å². The van der Waals surface area contributed by atoms with Crippen LogP contribution in [0.5, 0.6) is 5.75 Å². The van der Waals surface area contributed by atoms with E-state index in [4.69, 9.17) is 4.74 Å². The Balaban J connectivity index is 1.38. The fourth-order valence-corrected chi connectivity index (χ4v) is 3.74. The van der Waals surface area contributed by atoms with Crippen LogP contribution in [0.25, 0.3) is 11.0 Å². The van der Waals surface area contributed by atoms with Crippen molar-refractivity contribution in [3.8, 4) is 5.75 Å². The molecule has 1 aliphatic rings. The molecule has 1 fully saturated rings. The Morgan fingerprint density at radius 2 is 1.96 bits per heavy atom. The van der Waals surface area contributed by atoms with Gasteiger partial charge in [0.15, 0.2) is 6.10 Å². The number of para-hydroxylation sites is 1. The molecule has 0 bridgehead atoms. The number of hydrogen-bond donors (Lipinski definition) is 1. The number of rotatable bonds is 4. The Labute approximate surface area is 153 Å². The molecule has 1 aliphatic heterocycles. The van der Waals surface area contributed by atoms with Gasteiger partial charge in [0, 0.05) is 30.9 Å². The molecule has 3 heterocycles. The molecule has 1 aromatic carbocycles. The maximum absolute atomic E-state index is 12.7. The normalized spacial score (nSPS) is 16.6. The number of aromatic amines is 1. The quantitative estimate of drug-likeness (QED) is 0.781. The van der Waals surface area contributed by atoms with Gasteiger partial charge in [0.05, 0.1) is 0 Å². The summed E-state index contributed by atoms with van der Waals surface area (Å²) in [6.45, 7) is 3.35. The van der Waals surface area contributed by atoms with Crippen LogP contribution < -0.4 is 4.74 Å². The number of fused-ring (bicyclic) bond motifs is 1. The van der Waals surface area contributed by atoms with Gasteiger partial charge in [-0.15, -0.1) is 0 Å². The first kappa shape index (κ1) is 16.6. The fourth-order valence-electron chi connectivity index (χ4n) is 3.74. The summed E-state index contributed by atoms with van der Waals surface area (Å²) >= 11 is 0. The maximum Gasteiger partial charge on any atom is 0.263 e. The van der Waals surface area contributed by atoms with Crippen molar-refractivity contribution in [2.75, 3.05) is 13.1 Å². The van der Waals surface area contributed by atoms with Crippen molar-refractivity contribution in [2.45, 2.75) is 31.8 Å². The molecule has 1 unspecified atom stereocenters. The SMILES string of the molecule is CC(Oc1ccccc1)C(=O)N1CCC(c2c[nH]c3ncccc23)CC1. The van der Waals surface area contributed by atoms with Crippen LogP contribution >= 0.6 is 0 Å². The lowest BCUT2D eigenvalue weighted by Gasteiger charge is -2.33. The van der Waals surface area contributed by atoms with Crippen molar-refractivity contribution in [3.63, 3.8) is 0 Å². The number of amides is 1. The van der Waals surface area contributed by atoms with Gasteiger partial charge in [0.1, 0.15) is 11.4 Å². The van der Waals surface area contributed by atoms with Crippen molar-refractivity contribution in [1.82, 2.24) is 14.9 Å². The summed E-state index contributed by atoms with van der Waals surface area (Å²) in [5, 5.41) is 1.19. The lowest BCUT2D eigenvalue weighted by atomic mass is 9.89. The lowest BCUT2D eigenvalue weighted by Crippen LogP contribution is -2.44. The molecule has 3 aromatic rings. The molecule has 1 saturated heterocycles. The molecule has 26 heavy (non-hydrogen) atoms. The second kappa shape index (κ2) is 7.20. The molecule has 1 N–H and O–H groups in total. The molecular weight excluding hydrogens is 326 g/mol. The van der Waals surface area contributed by atoms with Gasteiger partial charge in [-0.3, -0.25) is 4.79 Å². The van der Waals surface area contributed by atoms with Gasteiger partial charge in [0.25, 0.3) is 5.91 Å². The summed E-state index contributed by atoms with van der Waals surface area (Å²) in [4.78, 5) is 22.2. The molecule has 5 heteroatoms. The molecule has 0 spiro atoms. The highest BCUT2D eigenvalue weighted by atomic mass is 16.5. The second-order valence-corrected chi connectivity index (χ2v) is 6.82. The van der Waals surface area contributed by atoms with Crippen LogP contribution in [-0.4, -0.2) is 40.0 Å². The van der Waals surface area contributed by atoms with Gasteiger partial charge in [-0.05, 0) is 55.5 Å². The average Bonchev–Trinajstić information content (AvgIpc) is 3.12. The number of likely N-dealkylation sites (tertiary alicyclic amines) is 1. The molecule has 0 aliphatic carbocycles. The number of hydrogen-bond acceptors (Lipinski definition) is 3. The van der Waals surface area contributed by atoms with Crippen molar-refractivity contribution in [1.29, 1.82) is 0 Å². The van der Waals surface area contributed by atoms with Crippen molar-refractivity contribution in [3.05, 3.63) is 60.4 Å². The molecule has 0 saturated carbocycles. The number of aromatic nitrogens is 2. The Hall–Kier alpha value is -2.82. The Morgan fingerprint density at radius 3 is 2.73 bits per heavy atom. The van der Waals surface area contributed by atoms with Crippen molar-refractivity contribution >= 4 is 16.9 Å². The average molecular weight is 349 g/mol. The number of nitrogens with zero attached hydrogens (tertiary/aromatic N) is 2. The minimum Gasteiger partial charge on any atom is -0.481 e. The summed E-state index contributed by atoms with van der Waals surface area (Å²) in [7, 11) is 0. The van der Waals surface area contributed by atoms with Crippen LogP contribution in [-0.2, 0) is 4.79 Å². The Kier molecular flexibility index (Phi) is 4.61. The second-order valence-electron chi connectivity index (χ2n) is 6.82. The highest BCUT2D eigenvalue weighted by molar-refractivity contribution is 5.82. The highest BCUT2D eigenvalue weighted by Gasteiger charge is 2.28. The van der Waals surface area contributed by atoms with E-state index < -0.39 is 6.10 Å². The Bertz CT molecular complexity index is 882. The molecular formula is C21H23N3O2. The molecule has 4 rings (SSSR count). The maximum atomic E-state index is 12.7. The molecule has 2 aromatic heterocycles. The number of carbonyl (C=O) groups is 1. The van der Waals surface area contributed by atoms with Crippen LogP contribution in [0.4, 0.5) is 0 Å². The van der Waals surface area contributed by atoms with Gasteiger partial charge in [-0.25, -0.2) is 4.98 Å². The van der Waals surface area contributed by atoms with E-state index >= 15 is 0 Å². The third-order valence-electron chi connectivity index (χ3n) is 5.13. The van der Waals surface area contributed by atoms with Crippen molar-refractivity contribution in [2.24, 2.45) is 0 Å². The van der Waals surface area contributed by atoms with Crippen LogP contribution in [0.15, 0.2) is 54.9 Å². The molecule has 1 atom stereocenters. The zero-order valence-corrected chi connectivity index (χ0v) is 14.9. The standard InChI is InChI=1S/C21H23N3O2/c1-15(26-17-6-3-2-4-7-17)21(25)24-12-9-16(10-13-24)19-14-23-20-18(19)8-5-11-22-20/h2-8,11,14-16H,9-10,12-13H2,1H3,(H,22,23). The monoisotopic (exact) mass is 349 g/mol. The van der Waals surface area contributed by atoms with Crippen LogP contribution in [0.1, 0.15) is 31.2 Å². The predicted molar refractivity (Wildman–Crippen MR) is 101 cm³/mol. The van der Waals surface area contributed by atoms with Gasteiger partial charge < -0.3 is 14.6 Å². The van der Waals surface area contributed by atoms with E-state index in [0.717, 1.165) is 37.3 Å². The first-order chi connectivity index (χ1) is 12.7. The van der Waals surface area contributed by atoms with Crippen LogP contribution in [0.3, 0.4) is 0 Å². The van der Waals surface area contributed by atoms with Crippen LogP contribution in [0.2, 0.25) is 0 Å². The third kappa shape index (κ3) is 3.29. The van der Waals surface area contributed by atoms with E-state index in [1.54, 1.807) is 6.20 Å². The van der Waals surface area contributed by atoms with Gasteiger partial charge in [0.2, 0.25) is 0 Å². The molecule has 5 nitrogen and oxygen atoms in total. The van der Waals surface area contributed by atoms with Crippen molar-refractivity contribution < 1.29 is 9.53 Å². The predicted octanol–water partition coefficient (Wildman–Crippen LogP) is 3.74. The summed E-state index contributed by atoms with van der Waals surface area (Å²) in [6, 6.07) is 13.6. The largest absolute Gasteiger partial charge is 0.481 e. The smallest absolute Gasteiger partial charge is 0.263 e. The van der Waals surface area contributed by atoms with Gasteiger partial charge in [-0.1, -0.05) is 18.2 Å². The fraction of sp³-hybridized carbons (Fsp3) is 0.333. The lowest BCUT2D eigenvalue weighted by molar-refractivity contribution is -0.139. The van der Waals surface area contributed by atoms with Gasteiger partial charge >= 0.3 is 0 Å². The number of H-pyrrole nitrogens is 1. The number of pyridine rings is 1. The number of piperidine rings is 1. The third-order valence-corrected chi connectivity index (χ3v) is 5.13. The number of benzene rings is 1. The first-order valence-electron chi connectivity index (χ1n) is 9.15. The molecule has 134 valence electrons. The zero-order valence-electron chi connectivity index (χ0n) is 14.9. The first-order valence-corrected chi connectivity index (χ1v) is 9.15. The topological polar surface area (TPSA) is 58.2 Å².